The van der Waals surface area contributed by atoms with Crippen molar-refractivity contribution in [1.29, 1.82) is 0 Å². The standard InChI is InChI=1S/C17H17N5O4/c1-19-15(24)13-17(16(18)25,21-9-20-13)11-2-4-12(5-3-11)22-14(23)10-6-7-26-8-10/h2-8,21H,9H2,1H3,(H2,18,25)(H,19,24)(H,22,23). The molecular formula is C17H17N5O4. The first-order valence-electron chi connectivity index (χ1n) is 7.75. The number of nitrogens with one attached hydrogen (secondary N) is 3. The van der Waals surface area contributed by atoms with E-state index in [4.69, 9.17) is 10.2 Å². The van der Waals surface area contributed by atoms with Crippen LogP contribution in [0.1, 0.15) is 15.9 Å². The molecule has 3 amide bonds. The normalized spacial score (nSPS) is 18.9. The number of aliphatic imine (C=N–C) groups is 1. The summed E-state index contributed by atoms with van der Waals surface area (Å²) in [6.07, 6.45) is 2.74. The zero-order valence-electron chi connectivity index (χ0n) is 13.9. The number of primary amides is 1. The average molecular weight is 355 g/mol. The number of hydrogen-bond donors (Lipinski definition) is 4. The predicted octanol–water partition coefficient (Wildman–Crippen LogP) is -0.0398. The molecule has 5 N–H and O–H groups in total. The summed E-state index contributed by atoms with van der Waals surface area (Å²) < 4.78 is 4.87. The Bertz CT molecular complexity index is 873. The van der Waals surface area contributed by atoms with Crippen LogP contribution in [0.2, 0.25) is 0 Å². The fourth-order valence-corrected chi connectivity index (χ4v) is 2.79. The lowest BCUT2D eigenvalue weighted by Gasteiger charge is -2.27. The maximum absolute atomic E-state index is 12.2. The van der Waals surface area contributed by atoms with Gasteiger partial charge in [0.25, 0.3) is 11.8 Å². The Kier molecular flexibility index (Phi) is 4.55. The van der Waals surface area contributed by atoms with E-state index in [1.54, 1.807) is 30.3 Å². The molecule has 0 fully saturated rings. The van der Waals surface area contributed by atoms with E-state index in [1.807, 2.05) is 0 Å². The van der Waals surface area contributed by atoms with E-state index in [2.05, 4.69) is 20.9 Å². The smallest absolute Gasteiger partial charge is 0.267 e. The number of nitrogens with two attached hydrogens (primary N) is 1. The Morgan fingerprint density at radius 2 is 1.92 bits per heavy atom. The molecule has 0 radical (unpaired) electrons. The van der Waals surface area contributed by atoms with E-state index in [9.17, 15) is 14.4 Å². The largest absolute Gasteiger partial charge is 0.472 e. The molecule has 1 aliphatic heterocycles. The van der Waals surface area contributed by atoms with E-state index < -0.39 is 17.4 Å². The number of nitrogens with zero attached hydrogens (tertiary/aromatic N) is 1. The number of anilines is 1. The van der Waals surface area contributed by atoms with Crippen LogP contribution in [-0.2, 0) is 15.1 Å². The Labute approximate surface area is 148 Å². The molecule has 0 saturated heterocycles. The van der Waals surface area contributed by atoms with Crippen LogP contribution < -0.4 is 21.7 Å². The molecule has 26 heavy (non-hydrogen) atoms. The average Bonchev–Trinajstić information content (AvgIpc) is 3.32. The number of amides is 3. The molecule has 2 heterocycles. The van der Waals surface area contributed by atoms with Gasteiger partial charge in [-0.15, -0.1) is 0 Å². The van der Waals surface area contributed by atoms with Crippen LogP contribution in [0.3, 0.4) is 0 Å². The monoisotopic (exact) mass is 355 g/mol. The molecule has 1 aromatic carbocycles. The highest BCUT2D eigenvalue weighted by molar-refractivity contribution is 6.47. The summed E-state index contributed by atoms with van der Waals surface area (Å²) in [5.74, 6) is -1.57. The molecule has 0 spiro atoms. The van der Waals surface area contributed by atoms with Gasteiger partial charge < -0.3 is 20.8 Å². The van der Waals surface area contributed by atoms with E-state index in [1.165, 1.54) is 19.6 Å². The van der Waals surface area contributed by atoms with Gasteiger partial charge in [-0.05, 0) is 23.8 Å². The molecule has 3 rings (SSSR count). The van der Waals surface area contributed by atoms with Gasteiger partial charge in [-0.3, -0.25) is 24.7 Å². The molecule has 1 unspecified atom stereocenters. The Balaban J connectivity index is 1.88. The van der Waals surface area contributed by atoms with Gasteiger partial charge in [0.05, 0.1) is 18.5 Å². The molecule has 0 bridgehead atoms. The molecule has 2 aromatic rings. The van der Waals surface area contributed by atoms with E-state index >= 15 is 0 Å². The molecule has 0 saturated carbocycles. The Morgan fingerprint density at radius 3 is 2.50 bits per heavy atom. The van der Waals surface area contributed by atoms with Gasteiger partial charge in [-0.2, -0.15) is 0 Å². The van der Waals surface area contributed by atoms with Crippen LogP contribution in [0.25, 0.3) is 0 Å². The van der Waals surface area contributed by atoms with Gasteiger partial charge in [0, 0.05) is 12.7 Å². The number of furan rings is 1. The second-order valence-corrected chi connectivity index (χ2v) is 5.58. The number of carbonyl (C=O) groups is 3. The van der Waals surface area contributed by atoms with Crippen molar-refractivity contribution in [2.45, 2.75) is 5.54 Å². The minimum Gasteiger partial charge on any atom is -0.472 e. The van der Waals surface area contributed by atoms with Gasteiger partial charge in [-0.25, -0.2) is 0 Å². The third-order valence-corrected chi connectivity index (χ3v) is 4.11. The number of benzene rings is 1. The third kappa shape index (κ3) is 2.84. The second-order valence-electron chi connectivity index (χ2n) is 5.58. The van der Waals surface area contributed by atoms with Crippen LogP contribution in [0.4, 0.5) is 5.69 Å². The summed E-state index contributed by atoms with van der Waals surface area (Å²) in [6.45, 7) is 0.0880. The Morgan fingerprint density at radius 1 is 1.19 bits per heavy atom. The first-order chi connectivity index (χ1) is 12.5. The van der Waals surface area contributed by atoms with Gasteiger partial charge in [0.1, 0.15) is 12.0 Å². The first kappa shape index (κ1) is 17.4. The maximum Gasteiger partial charge on any atom is 0.267 e. The molecule has 9 nitrogen and oxygen atoms in total. The summed E-state index contributed by atoms with van der Waals surface area (Å²) in [4.78, 5) is 40.4. The first-order valence-corrected chi connectivity index (χ1v) is 7.75. The van der Waals surface area contributed by atoms with E-state index in [0.29, 0.717) is 16.8 Å². The molecule has 1 aliphatic rings. The fraction of sp³-hybridized carbons (Fsp3) is 0.176. The van der Waals surface area contributed by atoms with Gasteiger partial charge in [0.15, 0.2) is 5.54 Å². The lowest BCUT2D eigenvalue weighted by Crippen LogP contribution is -2.58. The molecule has 1 atom stereocenters. The third-order valence-electron chi connectivity index (χ3n) is 4.11. The van der Waals surface area contributed by atoms with Crippen molar-refractivity contribution in [3.05, 3.63) is 54.0 Å². The lowest BCUT2D eigenvalue weighted by molar-refractivity contribution is -0.123. The van der Waals surface area contributed by atoms with Gasteiger partial charge >= 0.3 is 0 Å². The molecule has 1 aromatic heterocycles. The maximum atomic E-state index is 12.2. The van der Waals surface area contributed by atoms with Crippen molar-refractivity contribution in [1.82, 2.24) is 10.6 Å². The van der Waals surface area contributed by atoms with Crippen molar-refractivity contribution >= 4 is 29.1 Å². The summed E-state index contributed by atoms with van der Waals surface area (Å²) in [7, 11) is 1.45. The minimum absolute atomic E-state index is 0.00248. The second kappa shape index (κ2) is 6.81. The number of rotatable bonds is 5. The predicted molar refractivity (Wildman–Crippen MR) is 93.5 cm³/mol. The lowest BCUT2D eigenvalue weighted by atomic mass is 9.84. The van der Waals surface area contributed by atoms with Crippen LogP contribution in [0.5, 0.6) is 0 Å². The van der Waals surface area contributed by atoms with Crippen molar-refractivity contribution < 1.29 is 18.8 Å². The van der Waals surface area contributed by atoms with Crippen molar-refractivity contribution in [3.63, 3.8) is 0 Å². The van der Waals surface area contributed by atoms with E-state index in [0.717, 1.165) is 0 Å². The topological polar surface area (TPSA) is 139 Å². The summed E-state index contributed by atoms with van der Waals surface area (Å²) in [6, 6.07) is 7.97. The van der Waals surface area contributed by atoms with Crippen LogP contribution in [0, 0.1) is 0 Å². The quantitative estimate of drug-likeness (QED) is 0.596. The van der Waals surface area contributed by atoms with Crippen LogP contribution >= 0.6 is 0 Å². The fourth-order valence-electron chi connectivity index (χ4n) is 2.79. The highest BCUT2D eigenvalue weighted by atomic mass is 16.3. The SMILES string of the molecule is CNC(=O)C1=NCNC1(C(N)=O)c1ccc(NC(=O)c2ccoc2)cc1. The van der Waals surface area contributed by atoms with E-state index in [-0.39, 0.29) is 18.3 Å². The van der Waals surface area contributed by atoms with Crippen molar-refractivity contribution in [3.8, 4) is 0 Å². The summed E-state index contributed by atoms with van der Waals surface area (Å²) in [5, 5.41) is 8.05. The number of hydrogen-bond acceptors (Lipinski definition) is 6. The summed E-state index contributed by atoms with van der Waals surface area (Å²) >= 11 is 0. The zero-order valence-corrected chi connectivity index (χ0v) is 13.9. The van der Waals surface area contributed by atoms with Crippen LogP contribution in [-0.4, -0.2) is 37.1 Å². The minimum atomic E-state index is -1.52. The molecule has 0 aliphatic carbocycles. The van der Waals surface area contributed by atoms with Gasteiger partial charge in [-0.1, -0.05) is 12.1 Å². The Hall–Kier alpha value is -3.46. The highest BCUT2D eigenvalue weighted by Crippen LogP contribution is 2.28. The number of carbonyl (C=O) groups excluding carboxylic acids is 3. The summed E-state index contributed by atoms with van der Waals surface area (Å²) in [5.41, 5.74) is 5.41. The van der Waals surface area contributed by atoms with Crippen molar-refractivity contribution in [2.75, 3.05) is 19.0 Å². The highest BCUT2D eigenvalue weighted by Gasteiger charge is 2.49. The van der Waals surface area contributed by atoms with Crippen LogP contribution in [0.15, 0.2) is 52.3 Å². The van der Waals surface area contributed by atoms with Gasteiger partial charge in [0.2, 0.25) is 5.91 Å². The molecular weight excluding hydrogens is 338 g/mol. The van der Waals surface area contributed by atoms with Crippen molar-refractivity contribution in [2.24, 2.45) is 10.7 Å². The molecule has 9 heteroatoms. The molecule has 134 valence electrons. The zero-order chi connectivity index (χ0) is 18.7.